The average Bonchev–Trinajstić information content (AvgIpc) is 2.99. The molecule has 0 atom stereocenters. The lowest BCUT2D eigenvalue weighted by molar-refractivity contribution is 0.195. The summed E-state index contributed by atoms with van der Waals surface area (Å²) in [7, 11) is 0. The fourth-order valence-electron chi connectivity index (χ4n) is 2.90. The molecule has 2 heterocycles. The molecule has 2 aromatic heterocycles. The van der Waals surface area contributed by atoms with Gasteiger partial charge < -0.3 is 15.3 Å². The minimum atomic E-state index is -0.395. The molecule has 0 aliphatic carbocycles. The van der Waals surface area contributed by atoms with Crippen molar-refractivity contribution in [2.24, 2.45) is 0 Å². The standard InChI is InChI=1S/C20H14FN3O3/c21-15-6-4-12(5-7-15)18-19(13-8-9-22-17(26)11-13)24(27)20(23-18)14-2-1-3-16(25)10-14/h1-11,25,27H,(H,22,26). The van der Waals surface area contributed by atoms with Crippen molar-refractivity contribution in [3.05, 3.63) is 83.0 Å². The van der Waals surface area contributed by atoms with Crippen LogP contribution in [-0.2, 0) is 0 Å². The first-order valence-corrected chi connectivity index (χ1v) is 8.09. The third kappa shape index (κ3) is 3.06. The van der Waals surface area contributed by atoms with Gasteiger partial charge in [-0.15, -0.1) is 0 Å². The van der Waals surface area contributed by atoms with Gasteiger partial charge in [0.2, 0.25) is 5.56 Å². The number of hydrogen-bond donors (Lipinski definition) is 3. The van der Waals surface area contributed by atoms with Crippen LogP contribution in [0.15, 0.2) is 71.7 Å². The van der Waals surface area contributed by atoms with Crippen LogP contribution >= 0.6 is 0 Å². The van der Waals surface area contributed by atoms with E-state index in [0.717, 1.165) is 4.73 Å². The molecule has 0 unspecified atom stereocenters. The second kappa shape index (κ2) is 6.45. The summed E-state index contributed by atoms with van der Waals surface area (Å²) < 4.78 is 14.2. The SMILES string of the molecule is O=c1cc(-c2c(-c3ccc(F)cc3)nc(-c3cccc(O)c3)n2O)cc[nH]1. The molecule has 0 amide bonds. The van der Waals surface area contributed by atoms with Gasteiger partial charge in [0.05, 0.1) is 0 Å². The summed E-state index contributed by atoms with van der Waals surface area (Å²) in [5.41, 5.74) is 1.82. The van der Waals surface area contributed by atoms with Gasteiger partial charge in [-0.05, 0) is 42.5 Å². The number of nitrogens with one attached hydrogen (secondary N) is 1. The largest absolute Gasteiger partial charge is 0.508 e. The zero-order valence-corrected chi connectivity index (χ0v) is 13.9. The summed E-state index contributed by atoms with van der Waals surface area (Å²) in [4.78, 5) is 18.8. The van der Waals surface area contributed by atoms with Crippen molar-refractivity contribution in [3.63, 3.8) is 0 Å². The summed E-state index contributed by atoms with van der Waals surface area (Å²) in [5.74, 6) is -0.190. The Kier molecular flexibility index (Phi) is 3.97. The van der Waals surface area contributed by atoms with Crippen molar-refractivity contribution in [1.82, 2.24) is 14.7 Å². The number of phenolic OH excluding ortho intramolecular Hbond substituents is 1. The van der Waals surface area contributed by atoms with Gasteiger partial charge in [-0.2, -0.15) is 4.73 Å². The van der Waals surface area contributed by atoms with Crippen LogP contribution in [0.4, 0.5) is 4.39 Å². The second-order valence-electron chi connectivity index (χ2n) is 5.94. The number of rotatable bonds is 3. The molecule has 0 aliphatic rings. The van der Waals surface area contributed by atoms with E-state index in [9.17, 15) is 19.5 Å². The van der Waals surface area contributed by atoms with E-state index in [0.29, 0.717) is 22.4 Å². The molecule has 0 saturated heterocycles. The van der Waals surface area contributed by atoms with Gasteiger partial charge in [0.25, 0.3) is 0 Å². The van der Waals surface area contributed by atoms with Crippen LogP contribution in [0.1, 0.15) is 0 Å². The highest BCUT2D eigenvalue weighted by Crippen LogP contribution is 2.35. The number of aromatic amines is 1. The van der Waals surface area contributed by atoms with E-state index < -0.39 is 5.82 Å². The highest BCUT2D eigenvalue weighted by Gasteiger charge is 2.21. The monoisotopic (exact) mass is 363 g/mol. The number of H-pyrrole nitrogens is 1. The lowest BCUT2D eigenvalue weighted by atomic mass is 10.1. The van der Waals surface area contributed by atoms with E-state index >= 15 is 0 Å². The van der Waals surface area contributed by atoms with Crippen LogP contribution in [0.2, 0.25) is 0 Å². The second-order valence-corrected chi connectivity index (χ2v) is 5.94. The topological polar surface area (TPSA) is 91.1 Å². The molecular weight excluding hydrogens is 349 g/mol. The van der Waals surface area contributed by atoms with Crippen LogP contribution < -0.4 is 5.56 Å². The minimum absolute atomic E-state index is 0.0246. The zero-order chi connectivity index (χ0) is 19.0. The fourth-order valence-corrected chi connectivity index (χ4v) is 2.90. The lowest BCUT2D eigenvalue weighted by Gasteiger charge is -2.06. The van der Waals surface area contributed by atoms with Crippen molar-refractivity contribution in [2.45, 2.75) is 0 Å². The molecule has 134 valence electrons. The van der Waals surface area contributed by atoms with E-state index in [2.05, 4.69) is 9.97 Å². The molecule has 0 bridgehead atoms. The summed E-state index contributed by atoms with van der Waals surface area (Å²) >= 11 is 0. The molecule has 2 aromatic carbocycles. The maximum absolute atomic E-state index is 13.3. The van der Waals surface area contributed by atoms with E-state index in [1.807, 2.05) is 0 Å². The first-order chi connectivity index (χ1) is 13.0. The van der Waals surface area contributed by atoms with Crippen LogP contribution in [0, 0.1) is 5.82 Å². The van der Waals surface area contributed by atoms with Gasteiger partial charge in [-0.1, -0.05) is 12.1 Å². The molecular formula is C20H14FN3O3. The first-order valence-electron chi connectivity index (χ1n) is 8.09. The van der Waals surface area contributed by atoms with Crippen LogP contribution in [-0.4, -0.2) is 25.0 Å². The van der Waals surface area contributed by atoms with Gasteiger partial charge in [-0.25, -0.2) is 9.37 Å². The Morgan fingerprint density at radius 1 is 0.963 bits per heavy atom. The number of phenols is 1. The third-order valence-corrected chi connectivity index (χ3v) is 4.12. The Balaban J connectivity index is 2.00. The molecule has 27 heavy (non-hydrogen) atoms. The molecule has 4 rings (SSSR count). The van der Waals surface area contributed by atoms with E-state index in [1.54, 1.807) is 30.3 Å². The molecule has 7 heteroatoms. The van der Waals surface area contributed by atoms with E-state index in [4.69, 9.17) is 0 Å². The first kappa shape index (κ1) is 16.6. The molecule has 0 fully saturated rings. The van der Waals surface area contributed by atoms with Gasteiger partial charge in [-0.3, -0.25) is 4.79 Å². The Labute approximate surface area is 152 Å². The molecule has 0 spiro atoms. The van der Waals surface area contributed by atoms with E-state index in [-0.39, 0.29) is 22.8 Å². The van der Waals surface area contributed by atoms with Crippen LogP contribution in [0.25, 0.3) is 33.9 Å². The number of aromatic hydroxyl groups is 1. The predicted octanol–water partition coefficient (Wildman–Crippen LogP) is 3.65. The number of hydrogen-bond acceptors (Lipinski definition) is 4. The van der Waals surface area contributed by atoms with Gasteiger partial charge in [0, 0.05) is 29.0 Å². The van der Waals surface area contributed by atoms with Crippen molar-refractivity contribution in [1.29, 1.82) is 0 Å². The Morgan fingerprint density at radius 3 is 2.44 bits per heavy atom. The Hall–Kier alpha value is -3.87. The molecule has 4 aromatic rings. The Morgan fingerprint density at radius 2 is 1.74 bits per heavy atom. The molecule has 6 nitrogen and oxygen atoms in total. The van der Waals surface area contributed by atoms with Crippen LogP contribution in [0.5, 0.6) is 5.75 Å². The summed E-state index contributed by atoms with van der Waals surface area (Å²) in [6.45, 7) is 0. The zero-order valence-electron chi connectivity index (χ0n) is 13.9. The number of halogens is 1. The smallest absolute Gasteiger partial charge is 0.248 e. The molecule has 0 saturated carbocycles. The van der Waals surface area contributed by atoms with Gasteiger partial charge in [0.1, 0.15) is 23.0 Å². The number of imidazole rings is 1. The number of pyridine rings is 1. The average molecular weight is 363 g/mol. The van der Waals surface area contributed by atoms with Crippen molar-refractivity contribution < 1.29 is 14.7 Å². The maximum atomic E-state index is 13.3. The summed E-state index contributed by atoms with van der Waals surface area (Å²) in [5, 5.41) is 20.5. The maximum Gasteiger partial charge on any atom is 0.248 e. The van der Waals surface area contributed by atoms with E-state index in [1.165, 1.54) is 36.5 Å². The highest BCUT2D eigenvalue weighted by atomic mass is 19.1. The normalized spacial score (nSPS) is 10.9. The predicted molar refractivity (Wildman–Crippen MR) is 98.0 cm³/mol. The quantitative estimate of drug-likeness (QED) is 0.485. The third-order valence-electron chi connectivity index (χ3n) is 4.12. The number of aromatic nitrogens is 3. The summed E-state index contributed by atoms with van der Waals surface area (Å²) in [6, 6.07) is 14.9. The molecule has 0 aliphatic heterocycles. The fraction of sp³-hybridized carbons (Fsp3) is 0. The van der Waals surface area contributed by atoms with Crippen molar-refractivity contribution >= 4 is 0 Å². The van der Waals surface area contributed by atoms with Gasteiger partial charge in [0.15, 0.2) is 5.82 Å². The minimum Gasteiger partial charge on any atom is -0.508 e. The molecule has 3 N–H and O–H groups in total. The highest BCUT2D eigenvalue weighted by molar-refractivity contribution is 5.81. The Bertz CT molecular complexity index is 1180. The molecule has 0 radical (unpaired) electrons. The number of nitrogens with zero attached hydrogens (tertiary/aromatic N) is 2. The van der Waals surface area contributed by atoms with Crippen molar-refractivity contribution in [2.75, 3.05) is 0 Å². The van der Waals surface area contributed by atoms with Crippen molar-refractivity contribution in [3.8, 4) is 39.7 Å². The lowest BCUT2D eigenvalue weighted by Crippen LogP contribution is -2.04. The number of benzene rings is 2. The summed E-state index contributed by atoms with van der Waals surface area (Å²) in [6.07, 6.45) is 1.47. The van der Waals surface area contributed by atoms with Gasteiger partial charge >= 0.3 is 0 Å². The van der Waals surface area contributed by atoms with Crippen LogP contribution in [0.3, 0.4) is 0 Å².